The third-order valence-corrected chi connectivity index (χ3v) is 4.10. The average molecular weight is 411 g/mol. The van der Waals surface area contributed by atoms with Gasteiger partial charge in [-0.1, -0.05) is 24.3 Å². The molecule has 0 unspecified atom stereocenters. The molecule has 0 fully saturated rings. The number of nitrogens with one attached hydrogen (secondary N) is 1. The Morgan fingerprint density at radius 2 is 1.79 bits per heavy atom. The first-order valence-corrected chi connectivity index (χ1v) is 8.84. The maximum absolute atomic E-state index is 12.5. The lowest BCUT2D eigenvalue weighted by Crippen LogP contribution is -2.23. The molecule has 0 aromatic heterocycles. The fourth-order valence-electron chi connectivity index (χ4n) is 2.73. The van der Waals surface area contributed by atoms with Crippen LogP contribution in [0.2, 0.25) is 0 Å². The average Bonchev–Trinajstić information content (AvgIpc) is 2.71. The Hall–Kier alpha value is -2.94. The number of rotatable bonds is 7. The number of halogens is 3. The SMILES string of the molecule is COc1cc(C(=O)NCc2ccc(COCC(F)(F)F)cc2)cc2c1OCCO2. The number of amides is 1. The summed E-state index contributed by atoms with van der Waals surface area (Å²) in [5.74, 6) is 1.01. The van der Waals surface area contributed by atoms with Crippen LogP contribution in [-0.4, -0.2) is 39.0 Å². The standard InChI is InChI=1S/C20H20F3NO5/c1-26-16-8-15(9-17-18(16)29-7-6-28-17)19(25)24-10-13-2-4-14(5-3-13)11-27-12-20(21,22)23/h2-5,8-9H,6-7,10-12H2,1H3,(H,24,25). The molecule has 2 aromatic carbocycles. The molecule has 1 aliphatic rings. The van der Waals surface area contributed by atoms with Crippen molar-refractivity contribution in [2.24, 2.45) is 0 Å². The number of hydrogen-bond donors (Lipinski definition) is 1. The van der Waals surface area contributed by atoms with Gasteiger partial charge < -0.3 is 24.3 Å². The number of alkyl halides is 3. The summed E-state index contributed by atoms with van der Waals surface area (Å²) in [6.07, 6.45) is -4.35. The van der Waals surface area contributed by atoms with Crippen molar-refractivity contribution in [3.63, 3.8) is 0 Å². The molecule has 0 spiro atoms. The lowest BCUT2D eigenvalue weighted by molar-refractivity contribution is -0.176. The van der Waals surface area contributed by atoms with Crippen molar-refractivity contribution in [1.82, 2.24) is 5.32 Å². The van der Waals surface area contributed by atoms with Crippen molar-refractivity contribution in [3.05, 3.63) is 53.1 Å². The summed E-state index contributed by atoms with van der Waals surface area (Å²) in [6, 6.07) is 9.92. The lowest BCUT2D eigenvalue weighted by atomic mass is 10.1. The highest BCUT2D eigenvalue weighted by Gasteiger charge is 2.27. The zero-order chi connectivity index (χ0) is 20.9. The predicted molar refractivity (Wildman–Crippen MR) is 97.3 cm³/mol. The van der Waals surface area contributed by atoms with E-state index in [1.165, 1.54) is 7.11 Å². The second kappa shape index (κ2) is 9.04. The fourth-order valence-corrected chi connectivity index (χ4v) is 2.73. The Bertz CT molecular complexity index is 835. The number of methoxy groups -OCH3 is 1. The van der Waals surface area contributed by atoms with Crippen molar-refractivity contribution in [3.8, 4) is 17.2 Å². The number of ether oxygens (including phenoxy) is 4. The van der Waals surface area contributed by atoms with Crippen LogP contribution < -0.4 is 19.5 Å². The van der Waals surface area contributed by atoms with Gasteiger partial charge in [0.15, 0.2) is 11.5 Å². The number of carbonyl (C=O) groups excluding carboxylic acids is 1. The lowest BCUT2D eigenvalue weighted by Gasteiger charge is -2.21. The van der Waals surface area contributed by atoms with Crippen molar-refractivity contribution in [2.45, 2.75) is 19.3 Å². The third-order valence-electron chi connectivity index (χ3n) is 4.10. The molecule has 1 heterocycles. The molecule has 9 heteroatoms. The minimum absolute atomic E-state index is 0.136. The Morgan fingerprint density at radius 3 is 2.48 bits per heavy atom. The quantitative estimate of drug-likeness (QED) is 0.756. The molecule has 6 nitrogen and oxygen atoms in total. The van der Waals surface area contributed by atoms with E-state index >= 15 is 0 Å². The highest BCUT2D eigenvalue weighted by molar-refractivity contribution is 5.95. The molecule has 2 aromatic rings. The maximum Gasteiger partial charge on any atom is 0.411 e. The minimum Gasteiger partial charge on any atom is -0.493 e. The van der Waals surface area contributed by atoms with E-state index in [4.69, 9.17) is 14.2 Å². The molecule has 156 valence electrons. The van der Waals surface area contributed by atoms with Crippen molar-refractivity contribution >= 4 is 5.91 Å². The summed E-state index contributed by atoms with van der Waals surface area (Å²) in [4.78, 5) is 12.5. The van der Waals surface area contributed by atoms with Crippen molar-refractivity contribution in [2.75, 3.05) is 26.9 Å². The maximum atomic E-state index is 12.5. The summed E-state index contributed by atoms with van der Waals surface area (Å²) < 4.78 is 57.2. The van der Waals surface area contributed by atoms with Gasteiger partial charge in [0.1, 0.15) is 19.8 Å². The minimum atomic E-state index is -4.35. The van der Waals surface area contributed by atoms with Crippen LogP contribution in [0.5, 0.6) is 17.2 Å². The molecular formula is C20H20F3NO5. The van der Waals surface area contributed by atoms with E-state index in [2.05, 4.69) is 10.1 Å². The van der Waals surface area contributed by atoms with Crippen molar-refractivity contribution in [1.29, 1.82) is 0 Å². The molecule has 1 amide bonds. The molecule has 0 bridgehead atoms. The van der Waals surface area contributed by atoms with Gasteiger partial charge in [0.05, 0.1) is 13.7 Å². The summed E-state index contributed by atoms with van der Waals surface area (Å²) in [5, 5.41) is 2.79. The first-order valence-electron chi connectivity index (χ1n) is 8.84. The van der Waals surface area contributed by atoms with Gasteiger partial charge in [0.25, 0.3) is 5.91 Å². The van der Waals surface area contributed by atoms with Crippen LogP contribution in [-0.2, 0) is 17.9 Å². The summed E-state index contributed by atoms with van der Waals surface area (Å²) in [7, 11) is 1.48. The second-order valence-corrected chi connectivity index (χ2v) is 6.31. The van der Waals surface area contributed by atoms with Crippen LogP contribution in [0.1, 0.15) is 21.5 Å². The van der Waals surface area contributed by atoms with E-state index in [1.54, 1.807) is 36.4 Å². The Kier molecular flexibility index (Phi) is 6.48. The first-order chi connectivity index (χ1) is 13.9. The smallest absolute Gasteiger partial charge is 0.411 e. The molecule has 0 atom stereocenters. The molecule has 0 saturated carbocycles. The van der Waals surface area contributed by atoms with Gasteiger partial charge in [-0.2, -0.15) is 13.2 Å². The zero-order valence-electron chi connectivity index (χ0n) is 15.7. The van der Waals surface area contributed by atoms with Crippen LogP contribution in [0, 0.1) is 0 Å². The predicted octanol–water partition coefficient (Wildman–Crippen LogP) is 3.48. The molecule has 3 rings (SSSR count). The Labute approximate surface area is 165 Å². The molecule has 1 aliphatic heterocycles. The number of fused-ring (bicyclic) bond motifs is 1. The van der Waals surface area contributed by atoms with Crippen LogP contribution in [0.25, 0.3) is 0 Å². The van der Waals surface area contributed by atoms with E-state index in [1.807, 2.05) is 0 Å². The van der Waals surface area contributed by atoms with Gasteiger partial charge in [0, 0.05) is 12.1 Å². The number of benzene rings is 2. The Morgan fingerprint density at radius 1 is 1.10 bits per heavy atom. The van der Waals surface area contributed by atoms with Crippen LogP contribution in [0.4, 0.5) is 13.2 Å². The molecule has 0 radical (unpaired) electrons. The summed E-state index contributed by atoms with van der Waals surface area (Å²) in [5.41, 5.74) is 1.77. The number of carbonyl (C=O) groups is 1. The highest BCUT2D eigenvalue weighted by Crippen LogP contribution is 2.40. The Balaban J connectivity index is 1.57. The molecule has 0 aliphatic carbocycles. The van der Waals surface area contributed by atoms with Gasteiger partial charge >= 0.3 is 6.18 Å². The largest absolute Gasteiger partial charge is 0.493 e. The van der Waals surface area contributed by atoms with Gasteiger partial charge in [0.2, 0.25) is 5.75 Å². The van der Waals surface area contributed by atoms with Crippen LogP contribution >= 0.6 is 0 Å². The highest BCUT2D eigenvalue weighted by atomic mass is 19.4. The monoisotopic (exact) mass is 411 g/mol. The molecular weight excluding hydrogens is 391 g/mol. The first kappa shape index (κ1) is 20.8. The molecule has 29 heavy (non-hydrogen) atoms. The summed E-state index contributed by atoms with van der Waals surface area (Å²) in [6.45, 7) is -0.376. The van der Waals surface area contributed by atoms with E-state index in [-0.39, 0.29) is 19.1 Å². The van der Waals surface area contributed by atoms with E-state index in [0.717, 1.165) is 5.56 Å². The van der Waals surface area contributed by atoms with Crippen LogP contribution in [0.15, 0.2) is 36.4 Å². The van der Waals surface area contributed by atoms with Crippen molar-refractivity contribution < 1.29 is 36.9 Å². The number of hydrogen-bond acceptors (Lipinski definition) is 5. The topological polar surface area (TPSA) is 66.0 Å². The zero-order valence-corrected chi connectivity index (χ0v) is 15.7. The van der Waals surface area contributed by atoms with Crippen LogP contribution in [0.3, 0.4) is 0 Å². The van der Waals surface area contributed by atoms with Gasteiger partial charge in [-0.3, -0.25) is 4.79 Å². The van der Waals surface area contributed by atoms with Gasteiger partial charge in [-0.05, 0) is 23.3 Å². The molecule has 0 saturated heterocycles. The van der Waals surface area contributed by atoms with E-state index in [0.29, 0.717) is 41.6 Å². The summed E-state index contributed by atoms with van der Waals surface area (Å²) >= 11 is 0. The van der Waals surface area contributed by atoms with Gasteiger partial charge in [-0.25, -0.2) is 0 Å². The second-order valence-electron chi connectivity index (χ2n) is 6.31. The van der Waals surface area contributed by atoms with Gasteiger partial charge in [-0.15, -0.1) is 0 Å². The third kappa shape index (κ3) is 5.77. The normalized spacial score (nSPS) is 13.1. The van der Waals surface area contributed by atoms with E-state index in [9.17, 15) is 18.0 Å². The fraction of sp³-hybridized carbons (Fsp3) is 0.350. The van der Waals surface area contributed by atoms with E-state index < -0.39 is 12.8 Å². The molecule has 1 N–H and O–H groups in total.